The van der Waals surface area contributed by atoms with Crippen molar-refractivity contribution in [3.63, 3.8) is 0 Å². The van der Waals surface area contributed by atoms with E-state index in [-0.39, 0.29) is 0 Å². The lowest BCUT2D eigenvalue weighted by molar-refractivity contribution is 1.02. The fraction of sp³-hybridized carbons (Fsp3) is 0. The van der Waals surface area contributed by atoms with Crippen LogP contribution in [0.25, 0.3) is 237 Å². The molecule has 8 nitrogen and oxygen atoms in total. The number of hydrogen-bond donors (Lipinski definition) is 0. The SMILES string of the molecule is c1ccc(-c2nc(-n3c4ccccc4c4c5ccccc5c5c6ccccc6sc5c43)nc3c2sc2ccccc23)cc1.c1ccc(-c2nc(-n3c4ccccc4c4c5ccccc5c5c6ccccc6sc5c43)nc3ccccc23)cc1.c1ccc2c(c1)c1ccccc1n2-c1ccc(-c2ccc(-n3c4ccccc4c4ccccc43)cc2)cc1. The molecular weight excluding hydrogens is 1530 g/mol. The van der Waals surface area contributed by atoms with Gasteiger partial charge < -0.3 is 9.13 Å². The highest BCUT2D eigenvalue weighted by atomic mass is 32.1. The highest BCUT2D eigenvalue weighted by molar-refractivity contribution is 7.27. The lowest BCUT2D eigenvalue weighted by Gasteiger charge is -2.12. The Balaban J connectivity index is 0.000000100. The predicted octanol–water partition coefficient (Wildman–Crippen LogP) is 30.6. The number of aromatic nitrogens is 8. The van der Waals surface area contributed by atoms with Crippen molar-refractivity contribution in [3.05, 3.63) is 400 Å². The van der Waals surface area contributed by atoms with Crippen LogP contribution in [0.2, 0.25) is 0 Å². The van der Waals surface area contributed by atoms with Crippen molar-refractivity contribution in [3.8, 4) is 56.9 Å². The van der Waals surface area contributed by atoms with Gasteiger partial charge in [0.05, 0.1) is 80.7 Å². The van der Waals surface area contributed by atoms with Crippen molar-refractivity contribution < 1.29 is 0 Å². The first kappa shape index (κ1) is 68.9. The Hall–Kier alpha value is -15.2. The van der Waals surface area contributed by atoms with E-state index in [0.29, 0.717) is 11.9 Å². The lowest BCUT2D eigenvalue weighted by Crippen LogP contribution is -2.03. The molecule has 0 bridgehead atoms. The zero-order valence-electron chi connectivity index (χ0n) is 64.9. The zero-order valence-corrected chi connectivity index (χ0v) is 67.4. The van der Waals surface area contributed by atoms with Gasteiger partial charge in [0, 0.05) is 112 Å². The predicted molar refractivity (Wildman–Crippen MR) is 515 cm³/mol. The molecule has 0 saturated carbocycles. The van der Waals surface area contributed by atoms with Gasteiger partial charge in [-0.1, -0.05) is 315 Å². The van der Waals surface area contributed by atoms with Crippen LogP contribution in [0.3, 0.4) is 0 Å². The minimum Gasteiger partial charge on any atom is -0.309 e. The molecule has 27 rings (SSSR count). The third kappa shape index (κ3) is 10.8. The van der Waals surface area contributed by atoms with Gasteiger partial charge in [-0.25, -0.2) is 19.9 Å². The molecule has 27 aromatic rings. The van der Waals surface area contributed by atoms with E-state index >= 15 is 0 Å². The molecule has 0 aliphatic rings. The molecule has 0 unspecified atom stereocenters. The van der Waals surface area contributed by atoms with Crippen LogP contribution in [-0.2, 0) is 0 Å². The minimum atomic E-state index is 0.692. The number of hydrogen-bond acceptors (Lipinski definition) is 7. The maximum absolute atomic E-state index is 5.42. The first-order chi connectivity index (χ1) is 60.1. The first-order valence-corrected chi connectivity index (χ1v) is 43.3. The number of fused-ring (bicyclic) bond motifs is 30. The summed E-state index contributed by atoms with van der Waals surface area (Å²) in [5, 5.41) is 22.6. The van der Waals surface area contributed by atoms with Gasteiger partial charge in [-0.05, 0) is 118 Å². The molecule has 9 aromatic heterocycles. The fourth-order valence-electron chi connectivity index (χ4n) is 19.1. The van der Waals surface area contributed by atoms with E-state index in [2.05, 4.69) is 413 Å². The maximum atomic E-state index is 5.42. The second-order valence-electron chi connectivity index (χ2n) is 31.0. The van der Waals surface area contributed by atoms with E-state index in [0.717, 1.165) is 54.7 Å². The zero-order chi connectivity index (χ0) is 79.3. The number of nitrogens with zero attached hydrogens (tertiary/aromatic N) is 8. The molecule has 9 heterocycles. The first-order valence-electron chi connectivity index (χ1n) is 40.8. The van der Waals surface area contributed by atoms with Crippen molar-refractivity contribution >= 4 is 214 Å². The number of para-hydroxylation sites is 7. The molecule has 18 aromatic carbocycles. The van der Waals surface area contributed by atoms with Gasteiger partial charge in [-0.15, -0.1) is 34.0 Å². The van der Waals surface area contributed by atoms with Crippen LogP contribution in [0, 0.1) is 0 Å². The molecule has 121 heavy (non-hydrogen) atoms. The summed E-state index contributed by atoms with van der Waals surface area (Å²) in [5.41, 5.74) is 20.3. The van der Waals surface area contributed by atoms with Crippen molar-refractivity contribution in [2.45, 2.75) is 0 Å². The van der Waals surface area contributed by atoms with Gasteiger partial charge in [0.15, 0.2) is 0 Å². The van der Waals surface area contributed by atoms with Crippen LogP contribution in [0.1, 0.15) is 0 Å². The molecule has 564 valence electrons. The molecule has 0 spiro atoms. The Labute approximate surface area is 704 Å². The molecule has 0 aliphatic heterocycles. The highest BCUT2D eigenvalue weighted by Crippen LogP contribution is 2.51. The quantitative estimate of drug-likeness (QED) is 0.159. The molecule has 0 atom stereocenters. The Bertz CT molecular complexity index is 8650. The van der Waals surface area contributed by atoms with E-state index in [1.165, 1.54) is 171 Å². The van der Waals surface area contributed by atoms with Crippen LogP contribution in [0.4, 0.5) is 0 Å². The van der Waals surface area contributed by atoms with E-state index in [9.17, 15) is 0 Å². The third-order valence-corrected chi connectivity index (χ3v) is 27.9. The Morgan fingerprint density at radius 1 is 0.182 bits per heavy atom. The van der Waals surface area contributed by atoms with E-state index in [4.69, 9.17) is 19.9 Å². The van der Waals surface area contributed by atoms with E-state index in [1.54, 1.807) is 11.3 Å². The summed E-state index contributed by atoms with van der Waals surface area (Å²) in [4.78, 5) is 21.3. The van der Waals surface area contributed by atoms with Gasteiger partial charge in [0.1, 0.15) is 0 Å². The van der Waals surface area contributed by atoms with Crippen LogP contribution in [0.5, 0.6) is 0 Å². The summed E-state index contributed by atoms with van der Waals surface area (Å²) in [6.45, 7) is 0. The number of benzene rings is 18. The molecule has 0 amide bonds. The molecule has 0 N–H and O–H groups in total. The average Bonchev–Trinajstić information content (AvgIpc) is 1.54. The second-order valence-corrected chi connectivity index (χ2v) is 34.1. The van der Waals surface area contributed by atoms with Crippen LogP contribution in [-0.4, -0.2) is 38.2 Å². The molecular formula is C110H66N8S3. The average molecular weight is 1600 g/mol. The number of thiophene rings is 3. The summed E-state index contributed by atoms with van der Waals surface area (Å²) in [5.74, 6) is 1.40. The van der Waals surface area contributed by atoms with Crippen molar-refractivity contribution in [1.82, 2.24) is 38.2 Å². The second kappa shape index (κ2) is 27.7. The summed E-state index contributed by atoms with van der Waals surface area (Å²) in [6.07, 6.45) is 0. The topological polar surface area (TPSA) is 71.3 Å². The molecule has 0 saturated heterocycles. The summed E-state index contributed by atoms with van der Waals surface area (Å²) < 4.78 is 16.8. The Morgan fingerprint density at radius 3 is 0.909 bits per heavy atom. The highest BCUT2D eigenvalue weighted by Gasteiger charge is 2.28. The van der Waals surface area contributed by atoms with Crippen LogP contribution >= 0.6 is 34.0 Å². The van der Waals surface area contributed by atoms with Gasteiger partial charge in [0.2, 0.25) is 11.9 Å². The van der Waals surface area contributed by atoms with Crippen molar-refractivity contribution in [2.75, 3.05) is 0 Å². The fourth-order valence-corrected chi connectivity index (χ4v) is 22.8. The number of rotatable bonds is 7. The smallest absolute Gasteiger partial charge is 0.235 e. The Morgan fingerprint density at radius 2 is 0.479 bits per heavy atom. The monoisotopic (exact) mass is 1590 g/mol. The van der Waals surface area contributed by atoms with E-state index in [1.807, 2.05) is 28.7 Å². The van der Waals surface area contributed by atoms with E-state index < -0.39 is 0 Å². The third-order valence-electron chi connectivity index (χ3n) is 24.3. The summed E-state index contributed by atoms with van der Waals surface area (Å²) >= 11 is 5.49. The van der Waals surface area contributed by atoms with Crippen molar-refractivity contribution in [1.29, 1.82) is 0 Å². The molecule has 0 aliphatic carbocycles. The standard InChI is InChI=1S/C38H21N3S2.C36H21N3S.C36H24N2/c1-2-12-22(13-3-1)33-37-34(27-18-8-11-21-30(27)43-37)40-38(39-33)41-28-19-9-6-16-25(28)31-23-14-4-5-15-24(23)32-26-17-7-10-20-29(26)42-36(32)35(31)41;1-2-12-22(13-3-1)33-25-16-6-9-19-28(25)37-36(38-33)39-29-20-10-7-17-26(29)31-23-14-4-5-15-24(23)32-27-18-8-11-21-30(27)40-35(32)34(31)39;1-5-13-33-29(9-1)30-10-2-6-14-34(30)37(33)27-21-17-25(18-22-27)26-19-23-28(24-20-26)38-35-15-7-3-11-31(35)32-12-4-8-16-36(32)38/h1-21H;1-21H;1-24H. The van der Waals surface area contributed by atoms with Gasteiger partial charge in [0.25, 0.3) is 0 Å². The molecule has 0 fully saturated rings. The minimum absolute atomic E-state index is 0.692. The van der Waals surface area contributed by atoms with Crippen LogP contribution in [0.15, 0.2) is 400 Å². The maximum Gasteiger partial charge on any atom is 0.235 e. The Kier molecular flexibility index (Phi) is 15.8. The molecule has 0 radical (unpaired) electrons. The van der Waals surface area contributed by atoms with Gasteiger partial charge >= 0.3 is 0 Å². The van der Waals surface area contributed by atoms with Gasteiger partial charge in [-0.3, -0.25) is 9.13 Å². The summed E-state index contributed by atoms with van der Waals surface area (Å²) in [7, 11) is 0. The van der Waals surface area contributed by atoms with Crippen molar-refractivity contribution in [2.24, 2.45) is 0 Å². The normalized spacial score (nSPS) is 12.0. The lowest BCUT2D eigenvalue weighted by atomic mass is 9.99. The van der Waals surface area contributed by atoms with Crippen LogP contribution < -0.4 is 0 Å². The van der Waals surface area contributed by atoms with Gasteiger partial charge in [-0.2, -0.15) is 0 Å². The largest absolute Gasteiger partial charge is 0.309 e. The molecule has 11 heteroatoms. The summed E-state index contributed by atoms with van der Waals surface area (Å²) in [6, 6.07) is 143.